The molecule has 0 aromatic rings. The third-order valence-electron chi connectivity index (χ3n) is 1.63. The van der Waals surface area contributed by atoms with Crippen LogP contribution < -0.4 is 5.32 Å². The van der Waals surface area contributed by atoms with Crippen LogP contribution in [0.5, 0.6) is 0 Å². The average Bonchev–Trinajstić information content (AvgIpc) is 2.17. The van der Waals surface area contributed by atoms with Gasteiger partial charge in [0, 0.05) is 6.54 Å². The number of nitrogens with one attached hydrogen (secondary N) is 1. The van der Waals surface area contributed by atoms with E-state index in [0.29, 0.717) is 0 Å². The molecule has 76 valence electrons. The summed E-state index contributed by atoms with van der Waals surface area (Å²) in [5.74, 6) is 1.53. The number of allylic oxidation sites excluding steroid dienone is 1. The predicted octanol–water partition coefficient (Wildman–Crippen LogP) is 1.68. The van der Waals surface area contributed by atoms with Crippen LogP contribution in [0.3, 0.4) is 0 Å². The van der Waals surface area contributed by atoms with Crippen molar-refractivity contribution in [2.24, 2.45) is 0 Å². The molecule has 0 amide bonds. The molecule has 0 aliphatic heterocycles. The van der Waals surface area contributed by atoms with E-state index in [-0.39, 0.29) is 0 Å². The van der Waals surface area contributed by atoms with Crippen molar-refractivity contribution < 1.29 is 9.47 Å². The van der Waals surface area contributed by atoms with Gasteiger partial charge in [-0.3, -0.25) is 0 Å². The molecule has 1 N–H and O–H groups in total. The van der Waals surface area contributed by atoms with Crippen LogP contribution in [-0.2, 0) is 9.47 Å². The molecule has 3 nitrogen and oxygen atoms in total. The van der Waals surface area contributed by atoms with Crippen molar-refractivity contribution in [3.63, 3.8) is 0 Å². The first-order valence-corrected chi connectivity index (χ1v) is 4.45. The molecule has 0 atom stereocenters. The minimum absolute atomic E-state index is 0.764. The quantitative estimate of drug-likeness (QED) is 0.388. The van der Waals surface area contributed by atoms with Crippen LogP contribution in [0.25, 0.3) is 0 Å². The second-order valence-electron chi connectivity index (χ2n) is 2.44. The van der Waals surface area contributed by atoms with E-state index < -0.39 is 0 Å². The molecule has 0 bridgehead atoms. The van der Waals surface area contributed by atoms with Gasteiger partial charge in [-0.25, -0.2) is 0 Å². The molecule has 0 rings (SSSR count). The van der Waals surface area contributed by atoms with Crippen molar-refractivity contribution in [3.8, 4) is 0 Å². The molecular weight excluding hydrogens is 166 g/mol. The summed E-state index contributed by atoms with van der Waals surface area (Å²) in [6, 6.07) is 0. The fraction of sp³-hybridized carbons (Fsp3) is 0.600. The summed E-state index contributed by atoms with van der Waals surface area (Å²) in [4.78, 5) is 0. The molecule has 0 aromatic heterocycles. The maximum Gasteiger partial charge on any atom is 0.157 e. The van der Waals surface area contributed by atoms with Crippen molar-refractivity contribution in [3.05, 3.63) is 23.7 Å². The second-order valence-corrected chi connectivity index (χ2v) is 2.44. The van der Waals surface area contributed by atoms with E-state index in [0.717, 1.165) is 24.6 Å². The van der Waals surface area contributed by atoms with Crippen LogP contribution in [0, 0.1) is 0 Å². The monoisotopic (exact) mass is 185 g/mol. The Balaban J connectivity index is 4.22. The van der Waals surface area contributed by atoms with Gasteiger partial charge in [-0.05, 0) is 25.6 Å². The van der Waals surface area contributed by atoms with Gasteiger partial charge >= 0.3 is 0 Å². The number of hydrogen-bond acceptors (Lipinski definition) is 3. The van der Waals surface area contributed by atoms with E-state index in [1.165, 1.54) is 0 Å². The van der Waals surface area contributed by atoms with E-state index in [2.05, 4.69) is 12.2 Å². The second kappa shape index (κ2) is 7.68. The third-order valence-corrected chi connectivity index (χ3v) is 1.63. The zero-order valence-corrected chi connectivity index (χ0v) is 8.89. The summed E-state index contributed by atoms with van der Waals surface area (Å²) in [6.45, 7) is 5.72. The molecule has 0 aliphatic carbocycles. The molecule has 0 heterocycles. The van der Waals surface area contributed by atoms with Gasteiger partial charge in [-0.2, -0.15) is 0 Å². The maximum absolute atomic E-state index is 5.17. The normalized spacial score (nSPS) is 12.9. The predicted molar refractivity (Wildman–Crippen MR) is 54.4 cm³/mol. The molecule has 0 aromatic carbocycles. The topological polar surface area (TPSA) is 30.5 Å². The van der Waals surface area contributed by atoms with Gasteiger partial charge in [0.2, 0.25) is 0 Å². The Labute approximate surface area is 80.4 Å². The number of likely N-dealkylation sites (N-methyl/N-ethyl adjacent to an activating group) is 1. The largest absolute Gasteiger partial charge is 0.493 e. The molecule has 0 unspecified atom stereocenters. The Morgan fingerprint density at radius 2 is 1.85 bits per heavy atom. The van der Waals surface area contributed by atoms with E-state index in [4.69, 9.17) is 9.47 Å². The molecule has 0 saturated carbocycles. The number of rotatable bonds is 6. The number of methoxy groups -OCH3 is 2. The average molecular weight is 185 g/mol. The molecular formula is C10H19NO2. The van der Waals surface area contributed by atoms with Crippen molar-refractivity contribution in [1.29, 1.82) is 0 Å². The van der Waals surface area contributed by atoms with E-state index in [1.807, 2.05) is 19.1 Å². The van der Waals surface area contributed by atoms with Gasteiger partial charge in [0.1, 0.15) is 0 Å². The summed E-state index contributed by atoms with van der Waals surface area (Å²) in [7, 11) is 3.27. The van der Waals surface area contributed by atoms with Crippen LogP contribution >= 0.6 is 0 Å². The van der Waals surface area contributed by atoms with E-state index in [9.17, 15) is 0 Å². The van der Waals surface area contributed by atoms with E-state index >= 15 is 0 Å². The van der Waals surface area contributed by atoms with Gasteiger partial charge in [0.25, 0.3) is 0 Å². The Morgan fingerprint density at radius 1 is 1.23 bits per heavy atom. The molecule has 3 heteroatoms. The highest BCUT2D eigenvalue weighted by atomic mass is 16.5. The third kappa shape index (κ3) is 4.58. The highest BCUT2D eigenvalue weighted by molar-refractivity contribution is 5.19. The van der Waals surface area contributed by atoms with Gasteiger partial charge in [-0.1, -0.05) is 6.92 Å². The zero-order valence-electron chi connectivity index (χ0n) is 8.89. The SMILES string of the molecule is C/C=C(OC)\C(=C/CNCC)OC. The molecule has 0 saturated heterocycles. The van der Waals surface area contributed by atoms with Gasteiger partial charge in [0.05, 0.1) is 14.2 Å². The molecule has 0 aliphatic rings. The minimum atomic E-state index is 0.764. The lowest BCUT2D eigenvalue weighted by Crippen LogP contribution is -2.13. The Morgan fingerprint density at radius 3 is 2.23 bits per heavy atom. The Kier molecular flexibility index (Phi) is 7.11. The minimum Gasteiger partial charge on any atom is -0.493 e. The maximum atomic E-state index is 5.17. The fourth-order valence-electron chi connectivity index (χ4n) is 0.954. The van der Waals surface area contributed by atoms with Gasteiger partial charge < -0.3 is 14.8 Å². The van der Waals surface area contributed by atoms with Crippen LogP contribution in [0.2, 0.25) is 0 Å². The van der Waals surface area contributed by atoms with E-state index in [1.54, 1.807) is 14.2 Å². The first kappa shape index (κ1) is 12.0. The van der Waals surface area contributed by atoms with Crippen molar-refractivity contribution >= 4 is 0 Å². The molecule has 0 radical (unpaired) electrons. The lowest BCUT2D eigenvalue weighted by Gasteiger charge is -2.09. The number of ether oxygens (including phenoxy) is 2. The van der Waals surface area contributed by atoms with Crippen molar-refractivity contribution in [2.75, 3.05) is 27.3 Å². The highest BCUT2D eigenvalue weighted by Crippen LogP contribution is 2.10. The smallest absolute Gasteiger partial charge is 0.157 e. The summed E-state index contributed by atoms with van der Waals surface area (Å²) >= 11 is 0. The van der Waals surface area contributed by atoms with Crippen LogP contribution in [0.1, 0.15) is 13.8 Å². The van der Waals surface area contributed by atoms with Crippen molar-refractivity contribution in [1.82, 2.24) is 5.32 Å². The van der Waals surface area contributed by atoms with Crippen LogP contribution in [0.15, 0.2) is 23.7 Å². The van der Waals surface area contributed by atoms with Gasteiger partial charge in [0.15, 0.2) is 11.5 Å². The Bertz CT molecular complexity index is 185. The van der Waals surface area contributed by atoms with Crippen molar-refractivity contribution in [2.45, 2.75) is 13.8 Å². The van der Waals surface area contributed by atoms with Gasteiger partial charge in [-0.15, -0.1) is 0 Å². The summed E-state index contributed by atoms with van der Waals surface area (Å²) in [6.07, 6.45) is 3.84. The zero-order chi connectivity index (χ0) is 10.1. The Hall–Kier alpha value is -0.960. The first-order valence-electron chi connectivity index (χ1n) is 4.45. The number of hydrogen-bond donors (Lipinski definition) is 1. The molecule has 0 fully saturated rings. The summed E-state index contributed by atoms with van der Waals surface area (Å²) in [5, 5.41) is 3.18. The summed E-state index contributed by atoms with van der Waals surface area (Å²) < 4.78 is 10.3. The lowest BCUT2D eigenvalue weighted by atomic mass is 10.3. The molecule has 0 spiro atoms. The molecule has 13 heavy (non-hydrogen) atoms. The highest BCUT2D eigenvalue weighted by Gasteiger charge is 2.02. The van der Waals surface area contributed by atoms with Crippen LogP contribution in [0.4, 0.5) is 0 Å². The fourth-order valence-corrected chi connectivity index (χ4v) is 0.954. The lowest BCUT2D eigenvalue weighted by molar-refractivity contribution is 0.219. The summed E-state index contributed by atoms with van der Waals surface area (Å²) in [5.41, 5.74) is 0. The standard InChI is InChI=1S/C10H19NO2/c1-5-9(12-3)10(13-4)7-8-11-6-2/h5,7,11H,6,8H2,1-4H3/b9-5+,10-7+. The van der Waals surface area contributed by atoms with Crippen LogP contribution in [-0.4, -0.2) is 27.3 Å². The first-order chi connectivity index (χ1) is 6.29.